The minimum absolute atomic E-state index is 0.0333. The normalized spacial score (nSPS) is 14.9. The van der Waals surface area contributed by atoms with Crippen molar-refractivity contribution in [2.45, 2.75) is 37.3 Å². The number of amides is 1. The van der Waals surface area contributed by atoms with Gasteiger partial charge in [0.2, 0.25) is 0 Å². The van der Waals surface area contributed by atoms with Crippen molar-refractivity contribution in [3.8, 4) is 0 Å². The predicted octanol–water partition coefficient (Wildman–Crippen LogP) is 4.71. The lowest BCUT2D eigenvalue weighted by molar-refractivity contribution is -0.119. The molecule has 0 fully saturated rings. The van der Waals surface area contributed by atoms with Gasteiger partial charge >= 0.3 is 11.9 Å². The van der Waals surface area contributed by atoms with E-state index in [0.29, 0.717) is 16.5 Å². The maximum atomic E-state index is 12.7. The molecule has 1 aliphatic rings. The van der Waals surface area contributed by atoms with Crippen LogP contribution in [0.1, 0.15) is 51.4 Å². The molecule has 0 bridgehead atoms. The van der Waals surface area contributed by atoms with Crippen molar-refractivity contribution in [2.24, 2.45) is 5.92 Å². The van der Waals surface area contributed by atoms with E-state index in [-0.39, 0.29) is 22.1 Å². The Labute approximate surface area is 222 Å². The SMILES string of the molecule is CCOC(=O)c1c(NC(=O)COC(=O)c2ccccc2NS(=O)(=O)c2cccs2)sc2c1CCC(C)C2. The number of carbonyl (C=O) groups excluding carboxylic acids is 3. The molecule has 0 radical (unpaired) electrons. The molecule has 0 saturated carbocycles. The first-order chi connectivity index (χ1) is 17.7. The molecule has 3 aromatic rings. The van der Waals surface area contributed by atoms with Gasteiger partial charge in [0.1, 0.15) is 9.21 Å². The Morgan fingerprint density at radius 2 is 1.86 bits per heavy atom. The summed E-state index contributed by atoms with van der Waals surface area (Å²) in [4.78, 5) is 39.1. The molecular weight excluding hydrogens is 536 g/mol. The van der Waals surface area contributed by atoms with E-state index in [4.69, 9.17) is 9.47 Å². The zero-order valence-corrected chi connectivity index (χ0v) is 22.7. The lowest BCUT2D eigenvalue weighted by atomic mass is 9.88. The van der Waals surface area contributed by atoms with Crippen molar-refractivity contribution < 1.29 is 32.3 Å². The summed E-state index contributed by atoms with van der Waals surface area (Å²) < 4.78 is 38.1. The molecule has 37 heavy (non-hydrogen) atoms. The monoisotopic (exact) mass is 562 g/mol. The van der Waals surface area contributed by atoms with E-state index in [0.717, 1.165) is 41.0 Å². The van der Waals surface area contributed by atoms with Crippen LogP contribution in [-0.2, 0) is 37.1 Å². The quantitative estimate of drug-likeness (QED) is 0.362. The summed E-state index contributed by atoms with van der Waals surface area (Å²) in [5.41, 5.74) is 1.26. The van der Waals surface area contributed by atoms with E-state index in [1.54, 1.807) is 30.5 Å². The molecule has 1 aliphatic carbocycles. The van der Waals surface area contributed by atoms with Crippen LogP contribution < -0.4 is 10.0 Å². The molecule has 0 spiro atoms. The number of rotatable bonds is 9. The van der Waals surface area contributed by atoms with Crippen LogP contribution in [0.3, 0.4) is 0 Å². The van der Waals surface area contributed by atoms with Crippen LogP contribution >= 0.6 is 22.7 Å². The number of hydrogen-bond donors (Lipinski definition) is 2. The number of sulfonamides is 1. The highest BCUT2D eigenvalue weighted by Gasteiger charge is 2.29. The highest BCUT2D eigenvalue weighted by Crippen LogP contribution is 2.40. The summed E-state index contributed by atoms with van der Waals surface area (Å²) in [5.74, 6) is -1.51. The number of benzene rings is 1. The third kappa shape index (κ3) is 6.20. The average Bonchev–Trinajstić information content (AvgIpc) is 3.51. The maximum absolute atomic E-state index is 12.7. The molecular formula is C25H26N2O7S3. The van der Waals surface area contributed by atoms with E-state index >= 15 is 0 Å². The van der Waals surface area contributed by atoms with Crippen LogP contribution in [0.4, 0.5) is 10.7 Å². The van der Waals surface area contributed by atoms with E-state index in [9.17, 15) is 22.8 Å². The zero-order chi connectivity index (χ0) is 26.6. The molecule has 196 valence electrons. The van der Waals surface area contributed by atoms with Crippen molar-refractivity contribution in [3.63, 3.8) is 0 Å². The second kappa shape index (κ2) is 11.4. The number of hydrogen-bond acceptors (Lipinski definition) is 9. The van der Waals surface area contributed by atoms with E-state index in [1.165, 1.54) is 29.5 Å². The maximum Gasteiger partial charge on any atom is 0.341 e. The van der Waals surface area contributed by atoms with Crippen molar-refractivity contribution in [1.82, 2.24) is 0 Å². The molecule has 9 nitrogen and oxygen atoms in total. The van der Waals surface area contributed by atoms with Crippen LogP contribution in [0.5, 0.6) is 0 Å². The Kier molecular flexibility index (Phi) is 8.30. The Morgan fingerprint density at radius 1 is 1.08 bits per heavy atom. The third-order valence-corrected chi connectivity index (χ3v) is 9.66. The molecule has 0 saturated heterocycles. The van der Waals surface area contributed by atoms with Gasteiger partial charge in [0.25, 0.3) is 15.9 Å². The number of anilines is 2. The number of esters is 2. The fourth-order valence-electron chi connectivity index (χ4n) is 3.99. The summed E-state index contributed by atoms with van der Waals surface area (Å²) in [6.45, 7) is 3.45. The highest BCUT2D eigenvalue weighted by molar-refractivity contribution is 7.94. The number of ether oxygens (including phenoxy) is 2. The molecule has 1 aromatic carbocycles. The minimum atomic E-state index is -3.88. The van der Waals surface area contributed by atoms with Crippen LogP contribution in [0, 0.1) is 5.92 Å². The van der Waals surface area contributed by atoms with Gasteiger partial charge in [-0.05, 0) is 61.2 Å². The number of fused-ring (bicyclic) bond motifs is 1. The molecule has 1 atom stereocenters. The Balaban J connectivity index is 1.45. The second-order valence-corrected chi connectivity index (χ2v) is 12.4. The van der Waals surface area contributed by atoms with Gasteiger partial charge in [-0.3, -0.25) is 9.52 Å². The Morgan fingerprint density at radius 3 is 2.59 bits per heavy atom. The molecule has 2 aromatic heterocycles. The van der Waals surface area contributed by atoms with Crippen molar-refractivity contribution in [2.75, 3.05) is 23.3 Å². The third-order valence-electron chi connectivity index (χ3n) is 5.73. The predicted molar refractivity (Wildman–Crippen MR) is 142 cm³/mol. The van der Waals surface area contributed by atoms with Gasteiger partial charge in [-0.1, -0.05) is 25.1 Å². The topological polar surface area (TPSA) is 128 Å². The van der Waals surface area contributed by atoms with Crippen LogP contribution in [0.15, 0.2) is 46.0 Å². The molecule has 2 heterocycles. The van der Waals surface area contributed by atoms with Gasteiger partial charge < -0.3 is 14.8 Å². The van der Waals surface area contributed by atoms with Crippen LogP contribution in [0.2, 0.25) is 0 Å². The van der Waals surface area contributed by atoms with Gasteiger partial charge in [0.05, 0.1) is 23.4 Å². The fraction of sp³-hybridized carbons (Fsp3) is 0.320. The first-order valence-corrected chi connectivity index (χ1v) is 14.8. The number of nitrogens with one attached hydrogen (secondary N) is 2. The van der Waals surface area contributed by atoms with Gasteiger partial charge in [0, 0.05) is 4.88 Å². The van der Waals surface area contributed by atoms with Gasteiger partial charge in [-0.25, -0.2) is 18.0 Å². The number of carbonyl (C=O) groups is 3. The average molecular weight is 563 g/mol. The fourth-order valence-corrected chi connectivity index (χ4v) is 7.48. The molecule has 12 heteroatoms. The number of para-hydroxylation sites is 1. The summed E-state index contributed by atoms with van der Waals surface area (Å²) in [6.07, 6.45) is 2.48. The highest BCUT2D eigenvalue weighted by atomic mass is 32.2. The van der Waals surface area contributed by atoms with Crippen LogP contribution in [0.25, 0.3) is 0 Å². The van der Waals surface area contributed by atoms with E-state index in [1.807, 2.05) is 0 Å². The molecule has 0 aliphatic heterocycles. The lowest BCUT2D eigenvalue weighted by Gasteiger charge is -2.18. The summed E-state index contributed by atoms with van der Waals surface area (Å²) in [6, 6.07) is 9.03. The summed E-state index contributed by atoms with van der Waals surface area (Å²) >= 11 is 2.38. The standard InChI is InChI=1S/C25H26N2O7S3/c1-3-33-25(30)22-17-11-10-15(2)13-19(17)36-23(22)26-20(28)14-34-24(29)16-7-4-5-8-18(16)27-37(31,32)21-9-6-12-35-21/h4-9,12,15,27H,3,10-11,13-14H2,1-2H3,(H,26,28). The van der Waals surface area contributed by atoms with Gasteiger partial charge in [-0.2, -0.15) is 0 Å². The van der Waals surface area contributed by atoms with Crippen molar-refractivity contribution in [3.05, 3.63) is 63.3 Å². The molecule has 1 unspecified atom stereocenters. The van der Waals surface area contributed by atoms with E-state index < -0.39 is 34.5 Å². The first kappa shape index (κ1) is 26.8. The second-order valence-electron chi connectivity index (χ2n) is 8.48. The van der Waals surface area contributed by atoms with Crippen molar-refractivity contribution >= 4 is 61.2 Å². The zero-order valence-electron chi connectivity index (χ0n) is 20.2. The lowest BCUT2D eigenvalue weighted by Crippen LogP contribution is -2.23. The summed E-state index contributed by atoms with van der Waals surface area (Å²) in [5, 5.41) is 4.70. The van der Waals surface area contributed by atoms with Gasteiger partial charge in [-0.15, -0.1) is 22.7 Å². The molecule has 2 N–H and O–H groups in total. The Bertz CT molecular complexity index is 1410. The van der Waals surface area contributed by atoms with Crippen LogP contribution in [-0.4, -0.2) is 39.5 Å². The smallest absolute Gasteiger partial charge is 0.341 e. The Hall–Kier alpha value is -3.22. The first-order valence-electron chi connectivity index (χ1n) is 11.6. The van der Waals surface area contributed by atoms with Crippen molar-refractivity contribution in [1.29, 1.82) is 0 Å². The van der Waals surface area contributed by atoms with Gasteiger partial charge in [0.15, 0.2) is 6.61 Å². The number of thiophene rings is 2. The minimum Gasteiger partial charge on any atom is -0.462 e. The molecule has 1 amide bonds. The summed E-state index contributed by atoms with van der Waals surface area (Å²) in [7, 11) is -3.88. The molecule has 4 rings (SSSR count). The largest absolute Gasteiger partial charge is 0.462 e. The van der Waals surface area contributed by atoms with E-state index in [2.05, 4.69) is 17.0 Å².